The van der Waals surface area contributed by atoms with Gasteiger partial charge >= 0.3 is 5.97 Å². The molecule has 1 aromatic rings. The highest BCUT2D eigenvalue weighted by molar-refractivity contribution is 5.88. The zero-order valence-corrected chi connectivity index (χ0v) is 8.16. The van der Waals surface area contributed by atoms with Crippen LogP contribution in [-0.4, -0.2) is 13.1 Å². The maximum absolute atomic E-state index is 10.8. The number of hydrogen-bond acceptors (Lipinski definition) is 2. The van der Waals surface area contributed by atoms with Gasteiger partial charge in [-0.05, 0) is 6.07 Å². The van der Waals surface area contributed by atoms with Crippen LogP contribution in [0.1, 0.15) is 10.4 Å². The van der Waals surface area contributed by atoms with E-state index in [0.29, 0.717) is 5.56 Å². The third-order valence-electron chi connectivity index (χ3n) is 1.13. The van der Waals surface area contributed by atoms with Crippen LogP contribution in [0.25, 0.3) is 0 Å². The second kappa shape index (κ2) is 5.06. The maximum atomic E-state index is 10.8. The minimum absolute atomic E-state index is 0. The molecule has 0 saturated heterocycles. The molecule has 0 bridgehead atoms. The van der Waals surface area contributed by atoms with Crippen LogP contribution in [0, 0.1) is 0 Å². The molecule has 0 aromatic carbocycles. The fourth-order valence-corrected chi connectivity index (χ4v) is 0.638. The highest BCUT2D eigenvalue weighted by Crippen LogP contribution is 1.94. The van der Waals surface area contributed by atoms with Crippen LogP contribution >= 0.6 is 0 Å². The summed E-state index contributed by atoms with van der Waals surface area (Å²) in [5, 5.41) is 0. The highest BCUT2D eigenvalue weighted by atomic mass is 127. The number of rotatable bonds is 1. The largest absolute Gasteiger partial charge is 1.00 e. The Bertz CT molecular complexity index is 225. The van der Waals surface area contributed by atoms with Crippen LogP contribution in [0.2, 0.25) is 0 Å². The van der Waals surface area contributed by atoms with Crippen molar-refractivity contribution in [2.24, 2.45) is 0 Å². The third kappa shape index (κ3) is 2.83. The Morgan fingerprint density at radius 3 is 2.82 bits per heavy atom. The van der Waals surface area contributed by atoms with Gasteiger partial charge < -0.3 is 28.7 Å². The molecule has 0 aliphatic carbocycles. The van der Waals surface area contributed by atoms with Crippen LogP contribution in [-0.2, 0) is 4.74 Å². The summed E-state index contributed by atoms with van der Waals surface area (Å²) in [4.78, 5) is 13.5. The molecule has 0 spiro atoms. The van der Waals surface area contributed by atoms with Gasteiger partial charge in [-0.15, -0.1) is 0 Å². The van der Waals surface area contributed by atoms with E-state index in [1.807, 2.05) is 0 Å². The molecule has 0 unspecified atom stereocenters. The summed E-state index contributed by atoms with van der Waals surface area (Å²) in [6.07, 6.45) is 3.32. The average Bonchev–Trinajstić information content (AvgIpc) is 2.05. The van der Waals surface area contributed by atoms with Gasteiger partial charge in [-0.2, -0.15) is 0 Å². The van der Waals surface area contributed by atoms with E-state index in [2.05, 4.69) is 9.72 Å². The number of hydrogen-bond donors (Lipinski definition) is 0. The van der Waals surface area contributed by atoms with Crippen LogP contribution in [0.3, 0.4) is 0 Å². The number of nitrogens with one attached hydrogen (secondary N) is 1. The zero-order chi connectivity index (χ0) is 7.40. The van der Waals surface area contributed by atoms with E-state index in [1.165, 1.54) is 7.11 Å². The fourth-order valence-electron chi connectivity index (χ4n) is 0.638. The molecular formula is C7H8INO2. The van der Waals surface area contributed by atoms with Crippen molar-refractivity contribution < 1.29 is 38.5 Å². The molecule has 60 valence electrons. The third-order valence-corrected chi connectivity index (χ3v) is 1.13. The van der Waals surface area contributed by atoms with Crippen molar-refractivity contribution in [3.63, 3.8) is 0 Å². The van der Waals surface area contributed by atoms with Gasteiger partial charge in [0.2, 0.25) is 0 Å². The van der Waals surface area contributed by atoms with Crippen LogP contribution in [0.4, 0.5) is 0 Å². The van der Waals surface area contributed by atoms with Crippen LogP contribution < -0.4 is 29.0 Å². The second-order valence-corrected chi connectivity index (χ2v) is 1.78. The molecule has 0 radical (unpaired) electrons. The number of methoxy groups -OCH3 is 1. The van der Waals surface area contributed by atoms with Crippen molar-refractivity contribution in [3.05, 3.63) is 30.1 Å². The number of pyridine rings is 1. The lowest BCUT2D eigenvalue weighted by molar-refractivity contribution is -0.378. The topological polar surface area (TPSA) is 40.4 Å². The molecule has 0 atom stereocenters. The number of carbonyl (C=O) groups excluding carboxylic acids is 1. The Balaban J connectivity index is 0.000001000. The van der Waals surface area contributed by atoms with Gasteiger partial charge in [-0.25, -0.2) is 9.78 Å². The number of aromatic amines is 1. The molecule has 1 N–H and O–H groups in total. The van der Waals surface area contributed by atoms with E-state index < -0.39 is 0 Å². The lowest BCUT2D eigenvalue weighted by atomic mass is 10.3. The lowest BCUT2D eigenvalue weighted by Crippen LogP contribution is -3.00. The maximum Gasteiger partial charge on any atom is 0.343 e. The van der Waals surface area contributed by atoms with Crippen molar-refractivity contribution in [1.82, 2.24) is 0 Å². The lowest BCUT2D eigenvalue weighted by Gasteiger charge is -1.92. The monoisotopic (exact) mass is 265 g/mol. The quantitative estimate of drug-likeness (QED) is 0.409. The van der Waals surface area contributed by atoms with E-state index in [0.717, 1.165) is 0 Å². The van der Waals surface area contributed by atoms with E-state index in [9.17, 15) is 4.79 Å². The second-order valence-electron chi connectivity index (χ2n) is 1.78. The normalized spacial score (nSPS) is 8.09. The van der Waals surface area contributed by atoms with E-state index in [4.69, 9.17) is 0 Å². The Morgan fingerprint density at radius 1 is 1.64 bits per heavy atom. The molecule has 4 heteroatoms. The van der Waals surface area contributed by atoms with Gasteiger partial charge in [0.1, 0.15) is 5.56 Å². The number of esters is 1. The molecule has 11 heavy (non-hydrogen) atoms. The number of ether oxygens (including phenoxy) is 1. The summed E-state index contributed by atoms with van der Waals surface area (Å²) in [6.45, 7) is 0. The summed E-state index contributed by atoms with van der Waals surface area (Å²) in [5.41, 5.74) is 0.532. The molecule has 1 aromatic heterocycles. The molecule has 3 nitrogen and oxygen atoms in total. The summed E-state index contributed by atoms with van der Waals surface area (Å²) < 4.78 is 4.48. The van der Waals surface area contributed by atoms with Crippen LogP contribution in [0.15, 0.2) is 24.5 Å². The van der Waals surface area contributed by atoms with Crippen LogP contribution in [0.5, 0.6) is 0 Å². The minimum Gasteiger partial charge on any atom is -1.00 e. The molecule has 0 saturated carbocycles. The van der Waals surface area contributed by atoms with Gasteiger partial charge in [0, 0.05) is 6.07 Å². The van der Waals surface area contributed by atoms with Crippen molar-refractivity contribution in [1.29, 1.82) is 0 Å². The molecule has 0 amide bonds. The summed E-state index contributed by atoms with van der Waals surface area (Å²) in [6, 6.07) is 3.43. The minimum atomic E-state index is -0.322. The Hall–Kier alpha value is -0.650. The van der Waals surface area contributed by atoms with Crippen molar-refractivity contribution in [2.75, 3.05) is 7.11 Å². The summed E-state index contributed by atoms with van der Waals surface area (Å²) in [5.74, 6) is -0.322. The Kier molecular flexibility index (Phi) is 4.76. The average molecular weight is 265 g/mol. The number of carbonyl (C=O) groups is 1. The SMILES string of the molecule is COC(=O)c1ccc[nH+]c1.[I-]. The van der Waals surface area contributed by atoms with E-state index in [-0.39, 0.29) is 29.9 Å². The fraction of sp³-hybridized carbons (Fsp3) is 0.143. The predicted molar refractivity (Wildman–Crippen MR) is 34.3 cm³/mol. The van der Waals surface area contributed by atoms with Crippen molar-refractivity contribution in [3.8, 4) is 0 Å². The Morgan fingerprint density at radius 2 is 2.36 bits per heavy atom. The summed E-state index contributed by atoms with van der Waals surface area (Å²) >= 11 is 0. The number of aromatic nitrogens is 1. The van der Waals surface area contributed by atoms with Gasteiger partial charge in [0.25, 0.3) is 0 Å². The number of H-pyrrole nitrogens is 1. The molecule has 1 heterocycles. The standard InChI is InChI=1S/C7H7NO2.HI/c1-10-7(9)6-3-2-4-8-5-6;/h2-5H,1H3;1H. The van der Waals surface area contributed by atoms with E-state index in [1.54, 1.807) is 24.5 Å². The van der Waals surface area contributed by atoms with E-state index >= 15 is 0 Å². The van der Waals surface area contributed by atoms with Gasteiger partial charge in [-0.1, -0.05) is 0 Å². The first-order chi connectivity index (χ1) is 4.84. The van der Waals surface area contributed by atoms with Crippen molar-refractivity contribution in [2.45, 2.75) is 0 Å². The first-order valence-corrected chi connectivity index (χ1v) is 2.89. The predicted octanol–water partition coefficient (Wildman–Crippen LogP) is -2.71. The molecular weight excluding hydrogens is 257 g/mol. The molecule has 0 aliphatic heterocycles. The van der Waals surface area contributed by atoms with Crippen molar-refractivity contribution >= 4 is 5.97 Å². The first-order valence-electron chi connectivity index (χ1n) is 2.89. The van der Waals surface area contributed by atoms with Gasteiger partial charge in [-0.3, -0.25) is 0 Å². The highest BCUT2D eigenvalue weighted by Gasteiger charge is 2.04. The first kappa shape index (κ1) is 10.3. The van der Waals surface area contributed by atoms with Gasteiger partial charge in [0.15, 0.2) is 12.4 Å². The smallest absolute Gasteiger partial charge is 0.343 e. The Labute approximate surface area is 81.8 Å². The molecule has 1 rings (SSSR count). The molecule has 0 aliphatic rings. The zero-order valence-electron chi connectivity index (χ0n) is 6.00. The molecule has 0 fully saturated rings. The van der Waals surface area contributed by atoms with Gasteiger partial charge in [0.05, 0.1) is 7.11 Å². The number of halogens is 1. The summed E-state index contributed by atoms with van der Waals surface area (Å²) in [7, 11) is 1.36.